The van der Waals surface area contributed by atoms with Crippen molar-refractivity contribution in [2.75, 3.05) is 0 Å². The van der Waals surface area contributed by atoms with Crippen LogP contribution >= 0.6 is 0 Å². The molecule has 0 amide bonds. The van der Waals surface area contributed by atoms with Gasteiger partial charge in [-0.15, -0.1) is 0 Å². The molecule has 1 aromatic heterocycles. The van der Waals surface area contributed by atoms with Gasteiger partial charge in [0.2, 0.25) is 0 Å². The van der Waals surface area contributed by atoms with Crippen LogP contribution in [0.2, 0.25) is 0 Å². The average molecular weight is 473 g/mol. The molecule has 3 aliphatic rings. The Hall–Kier alpha value is -2.41. The van der Waals surface area contributed by atoms with Gasteiger partial charge in [-0.05, 0) is 51.0 Å². The maximum Gasteiger partial charge on any atom is 0.333 e. The number of carbonyl (C=O) groups is 3. The first-order chi connectivity index (χ1) is 15.9. The van der Waals surface area contributed by atoms with Crippen LogP contribution in [0.4, 0.5) is 0 Å². The highest BCUT2D eigenvalue weighted by Gasteiger charge is 2.78. The molecule has 1 aliphatic heterocycles. The molecule has 1 saturated heterocycles. The molecule has 0 bridgehead atoms. The largest absolute Gasteiger partial charge is 0.472 e. The maximum absolute atomic E-state index is 13.3. The monoisotopic (exact) mass is 472 g/mol. The molecule has 0 radical (unpaired) electrons. The number of epoxide rings is 1. The third-order valence-electron chi connectivity index (χ3n) is 9.35. The summed E-state index contributed by atoms with van der Waals surface area (Å²) in [5.74, 6) is -1.13. The zero-order chi connectivity index (χ0) is 25.1. The fourth-order valence-corrected chi connectivity index (χ4v) is 6.85. The molecule has 7 heteroatoms. The zero-order valence-corrected chi connectivity index (χ0v) is 21.2. The van der Waals surface area contributed by atoms with Crippen LogP contribution in [0.25, 0.3) is 0 Å². The molecular weight excluding hydrogens is 436 g/mol. The molecule has 3 fully saturated rings. The highest BCUT2D eigenvalue weighted by atomic mass is 16.6. The Morgan fingerprint density at radius 1 is 1.15 bits per heavy atom. The molecule has 0 aromatic carbocycles. The summed E-state index contributed by atoms with van der Waals surface area (Å²) in [6, 6.07) is 1.68. The van der Waals surface area contributed by atoms with E-state index in [4.69, 9.17) is 18.6 Å². The summed E-state index contributed by atoms with van der Waals surface area (Å²) in [4.78, 5) is 38.5. The van der Waals surface area contributed by atoms with E-state index >= 15 is 0 Å². The van der Waals surface area contributed by atoms with Gasteiger partial charge < -0.3 is 18.6 Å². The van der Waals surface area contributed by atoms with Gasteiger partial charge >= 0.3 is 11.9 Å². The summed E-state index contributed by atoms with van der Waals surface area (Å²) in [5, 5.41) is 0. The van der Waals surface area contributed by atoms with Gasteiger partial charge in [0.15, 0.2) is 5.78 Å². The van der Waals surface area contributed by atoms with E-state index in [2.05, 4.69) is 20.8 Å². The molecule has 0 spiro atoms. The summed E-state index contributed by atoms with van der Waals surface area (Å²) in [6.45, 7) is 13.1. The summed E-state index contributed by atoms with van der Waals surface area (Å²) in [5.41, 5.74) is -0.700. The molecule has 2 aliphatic carbocycles. The Morgan fingerprint density at radius 2 is 1.85 bits per heavy atom. The quantitative estimate of drug-likeness (QED) is 0.252. The van der Waals surface area contributed by atoms with Crippen LogP contribution in [0, 0.1) is 22.7 Å². The molecule has 34 heavy (non-hydrogen) atoms. The van der Waals surface area contributed by atoms with Gasteiger partial charge in [-0.1, -0.05) is 26.8 Å². The van der Waals surface area contributed by atoms with Crippen LogP contribution in [0.15, 0.2) is 34.7 Å². The average Bonchev–Trinajstić information content (AvgIpc) is 3.20. The Kier molecular flexibility index (Phi) is 6.08. The summed E-state index contributed by atoms with van der Waals surface area (Å²) in [6.07, 6.45) is 5.29. The van der Waals surface area contributed by atoms with E-state index < -0.39 is 40.6 Å². The lowest BCUT2D eigenvalue weighted by Gasteiger charge is -2.63. The third kappa shape index (κ3) is 3.55. The topological polar surface area (TPSA) is 95.3 Å². The zero-order valence-electron chi connectivity index (χ0n) is 21.2. The van der Waals surface area contributed by atoms with Crippen molar-refractivity contribution >= 4 is 17.7 Å². The molecular formula is C27H36O7. The second-order valence-electron chi connectivity index (χ2n) is 10.9. The van der Waals surface area contributed by atoms with E-state index in [-0.39, 0.29) is 30.1 Å². The fourth-order valence-electron chi connectivity index (χ4n) is 6.85. The van der Waals surface area contributed by atoms with Gasteiger partial charge in [0.1, 0.15) is 24.1 Å². The SMILES string of the molecule is C/C=C(\C)C(=O)O[C@@H]1[C@H](OC(C)=O)[C@@H](C)[C@](C)(CC(=O)c2ccoc2)[C@@H]2CC[C@@H]3O[C@]3(C)[C@]12C. The van der Waals surface area contributed by atoms with Crippen LogP contribution in [-0.2, 0) is 23.8 Å². The number of ether oxygens (including phenoxy) is 3. The van der Waals surface area contributed by atoms with E-state index in [0.29, 0.717) is 11.1 Å². The van der Waals surface area contributed by atoms with Crippen molar-refractivity contribution in [2.45, 2.75) is 91.6 Å². The standard InChI is InChI=1S/C27H36O7/c1-8-15(2)24(30)33-23-22(32-17(4)28)16(3)25(5,13-19(29)18-11-12-31-14-18)20-9-10-21-27(7,34-21)26(20,23)6/h8,11-12,14,16,20-23H,9-10,13H2,1-7H3/b15-8+/t16-,20+,21+,22-,23-,25+,26+,27+/m1/s1. The van der Waals surface area contributed by atoms with E-state index in [1.165, 1.54) is 19.5 Å². The second kappa shape index (κ2) is 8.36. The highest BCUT2D eigenvalue weighted by molar-refractivity contribution is 5.96. The molecule has 2 heterocycles. The molecule has 8 atom stereocenters. The molecule has 0 unspecified atom stereocenters. The van der Waals surface area contributed by atoms with Crippen molar-refractivity contribution < 1.29 is 33.0 Å². The Morgan fingerprint density at radius 3 is 2.44 bits per heavy atom. The smallest absolute Gasteiger partial charge is 0.333 e. The van der Waals surface area contributed by atoms with Crippen LogP contribution in [0.3, 0.4) is 0 Å². The number of hydrogen-bond donors (Lipinski definition) is 0. The first kappa shape index (κ1) is 24.7. The van der Waals surface area contributed by atoms with E-state index in [1.54, 1.807) is 26.0 Å². The number of ketones is 1. The predicted molar refractivity (Wildman–Crippen MR) is 124 cm³/mol. The Bertz CT molecular complexity index is 1010. The van der Waals surface area contributed by atoms with Gasteiger partial charge in [-0.3, -0.25) is 9.59 Å². The predicted octanol–water partition coefficient (Wildman–Crippen LogP) is 4.89. The summed E-state index contributed by atoms with van der Waals surface area (Å²) in [7, 11) is 0. The Balaban J connectivity index is 1.82. The fraction of sp³-hybridized carbons (Fsp3) is 0.667. The Labute approximate surface area is 201 Å². The number of carbonyl (C=O) groups excluding carboxylic acids is 3. The first-order valence-corrected chi connectivity index (χ1v) is 12.1. The van der Waals surface area contributed by atoms with Gasteiger partial charge in [0, 0.05) is 30.3 Å². The molecule has 4 rings (SSSR count). The molecule has 0 N–H and O–H groups in total. The normalized spacial score (nSPS) is 41.1. The number of allylic oxidation sites excluding steroid dienone is 1. The lowest BCUT2D eigenvalue weighted by Crippen LogP contribution is -2.69. The van der Waals surface area contributed by atoms with Crippen LogP contribution in [0.1, 0.15) is 78.1 Å². The third-order valence-corrected chi connectivity index (χ3v) is 9.35. The number of hydrogen-bond acceptors (Lipinski definition) is 7. The maximum atomic E-state index is 13.3. The number of fused-ring (bicyclic) bond motifs is 3. The minimum Gasteiger partial charge on any atom is -0.472 e. The lowest BCUT2D eigenvalue weighted by molar-refractivity contribution is -0.242. The van der Waals surface area contributed by atoms with Crippen LogP contribution < -0.4 is 0 Å². The molecule has 1 aromatic rings. The first-order valence-electron chi connectivity index (χ1n) is 12.1. The van der Waals surface area contributed by atoms with Crippen molar-refractivity contribution in [3.8, 4) is 0 Å². The minimum atomic E-state index is -0.714. The summed E-state index contributed by atoms with van der Waals surface area (Å²) >= 11 is 0. The number of furan rings is 1. The highest BCUT2D eigenvalue weighted by Crippen LogP contribution is 2.71. The lowest BCUT2D eigenvalue weighted by atomic mass is 9.43. The molecule has 186 valence electrons. The van der Waals surface area contributed by atoms with Gasteiger partial charge in [0.05, 0.1) is 17.9 Å². The number of rotatable bonds is 6. The van der Waals surface area contributed by atoms with Crippen molar-refractivity contribution in [1.82, 2.24) is 0 Å². The van der Waals surface area contributed by atoms with Gasteiger partial charge in [-0.2, -0.15) is 0 Å². The minimum absolute atomic E-state index is 0.00474. The van der Waals surface area contributed by atoms with Crippen LogP contribution in [0.5, 0.6) is 0 Å². The van der Waals surface area contributed by atoms with Gasteiger partial charge in [-0.25, -0.2) is 4.79 Å². The van der Waals surface area contributed by atoms with Crippen molar-refractivity contribution in [2.24, 2.45) is 22.7 Å². The van der Waals surface area contributed by atoms with E-state index in [9.17, 15) is 14.4 Å². The van der Waals surface area contributed by atoms with Crippen molar-refractivity contribution in [3.63, 3.8) is 0 Å². The van der Waals surface area contributed by atoms with Crippen LogP contribution in [-0.4, -0.2) is 41.6 Å². The van der Waals surface area contributed by atoms with Crippen molar-refractivity contribution in [3.05, 3.63) is 35.8 Å². The van der Waals surface area contributed by atoms with Crippen molar-refractivity contribution in [1.29, 1.82) is 0 Å². The van der Waals surface area contributed by atoms with E-state index in [0.717, 1.165) is 12.8 Å². The number of Topliss-reactive ketones (excluding diaryl/α,β-unsaturated/α-hetero) is 1. The van der Waals surface area contributed by atoms with Gasteiger partial charge in [0.25, 0.3) is 0 Å². The molecule has 2 saturated carbocycles. The summed E-state index contributed by atoms with van der Waals surface area (Å²) < 4.78 is 23.5. The molecule has 7 nitrogen and oxygen atoms in total. The van der Waals surface area contributed by atoms with E-state index in [1.807, 2.05) is 6.92 Å². The second-order valence-corrected chi connectivity index (χ2v) is 10.9. The number of esters is 2.